The van der Waals surface area contributed by atoms with Crippen molar-refractivity contribution in [1.29, 1.82) is 0 Å². The minimum Gasteiger partial charge on any atom is -0.340 e. The highest BCUT2D eigenvalue weighted by Gasteiger charge is 2.21. The molecule has 104 valence electrons. The van der Waals surface area contributed by atoms with E-state index in [0.29, 0.717) is 19.5 Å². The zero-order valence-corrected chi connectivity index (χ0v) is 11.3. The van der Waals surface area contributed by atoms with Gasteiger partial charge in [-0.1, -0.05) is 6.42 Å². The van der Waals surface area contributed by atoms with E-state index in [1.165, 1.54) is 0 Å². The smallest absolute Gasteiger partial charge is 0.242 e. The quantitative estimate of drug-likeness (QED) is 0.873. The van der Waals surface area contributed by atoms with Gasteiger partial charge < -0.3 is 9.80 Å². The van der Waals surface area contributed by atoms with Crippen molar-refractivity contribution in [2.45, 2.75) is 32.2 Å². The molecule has 1 fully saturated rings. The lowest BCUT2D eigenvalue weighted by molar-refractivity contribution is -0.139. The minimum absolute atomic E-state index is 0.0311. The SMILES string of the molecule is CN(Cc1cn[nH]c1)C(=O)CN1CCCCCC1=O. The van der Waals surface area contributed by atoms with Crippen LogP contribution in [0.2, 0.25) is 0 Å². The monoisotopic (exact) mass is 264 g/mol. The fourth-order valence-electron chi connectivity index (χ4n) is 2.22. The molecular weight excluding hydrogens is 244 g/mol. The van der Waals surface area contributed by atoms with Crippen LogP contribution < -0.4 is 0 Å². The summed E-state index contributed by atoms with van der Waals surface area (Å²) < 4.78 is 0. The number of carbonyl (C=O) groups excluding carboxylic acids is 2. The van der Waals surface area contributed by atoms with Crippen LogP contribution in [0.15, 0.2) is 12.4 Å². The van der Waals surface area contributed by atoms with Gasteiger partial charge in [0.25, 0.3) is 0 Å². The molecule has 0 aromatic carbocycles. The first-order valence-corrected chi connectivity index (χ1v) is 6.66. The molecule has 1 aromatic heterocycles. The number of rotatable bonds is 4. The van der Waals surface area contributed by atoms with Gasteiger partial charge in [-0.3, -0.25) is 14.7 Å². The van der Waals surface area contributed by atoms with Crippen LogP contribution >= 0.6 is 0 Å². The second-order valence-corrected chi connectivity index (χ2v) is 4.98. The van der Waals surface area contributed by atoms with Gasteiger partial charge in [0.05, 0.1) is 12.7 Å². The van der Waals surface area contributed by atoms with E-state index >= 15 is 0 Å². The van der Waals surface area contributed by atoms with Gasteiger partial charge in [0, 0.05) is 38.3 Å². The molecule has 0 radical (unpaired) electrons. The largest absolute Gasteiger partial charge is 0.340 e. The van der Waals surface area contributed by atoms with Gasteiger partial charge in [-0.05, 0) is 12.8 Å². The number of carbonyl (C=O) groups is 2. The maximum atomic E-state index is 12.1. The first kappa shape index (κ1) is 13.6. The highest BCUT2D eigenvalue weighted by atomic mass is 16.2. The molecule has 2 rings (SSSR count). The zero-order valence-electron chi connectivity index (χ0n) is 11.3. The van der Waals surface area contributed by atoms with Crippen molar-refractivity contribution in [3.05, 3.63) is 18.0 Å². The first-order chi connectivity index (χ1) is 9.16. The Kier molecular flexibility index (Phi) is 4.54. The average molecular weight is 264 g/mol. The molecular formula is C13H20N4O2. The van der Waals surface area contributed by atoms with Gasteiger partial charge in [-0.2, -0.15) is 5.10 Å². The van der Waals surface area contributed by atoms with Crippen LogP contribution in [0.25, 0.3) is 0 Å². The molecule has 0 unspecified atom stereocenters. The van der Waals surface area contributed by atoms with E-state index in [4.69, 9.17) is 0 Å². The Hall–Kier alpha value is -1.85. The lowest BCUT2D eigenvalue weighted by atomic mass is 10.2. The fourth-order valence-corrected chi connectivity index (χ4v) is 2.22. The Balaban J connectivity index is 1.86. The van der Waals surface area contributed by atoms with E-state index < -0.39 is 0 Å². The van der Waals surface area contributed by atoms with Crippen LogP contribution in [-0.2, 0) is 16.1 Å². The number of likely N-dealkylation sites (N-methyl/N-ethyl adjacent to an activating group) is 1. The summed E-state index contributed by atoms with van der Waals surface area (Å²) in [7, 11) is 1.75. The average Bonchev–Trinajstić information content (AvgIpc) is 2.81. The Morgan fingerprint density at radius 2 is 2.32 bits per heavy atom. The molecule has 1 aliphatic rings. The molecule has 0 atom stereocenters. The topological polar surface area (TPSA) is 69.3 Å². The molecule has 2 heterocycles. The summed E-state index contributed by atoms with van der Waals surface area (Å²) in [6.45, 7) is 1.40. The maximum absolute atomic E-state index is 12.1. The van der Waals surface area contributed by atoms with E-state index in [0.717, 1.165) is 24.8 Å². The fraction of sp³-hybridized carbons (Fsp3) is 0.615. The van der Waals surface area contributed by atoms with Gasteiger partial charge in [0.1, 0.15) is 0 Å². The van der Waals surface area contributed by atoms with Gasteiger partial charge in [-0.25, -0.2) is 0 Å². The van der Waals surface area contributed by atoms with Crippen LogP contribution in [-0.4, -0.2) is 51.9 Å². The number of aromatic nitrogens is 2. The zero-order chi connectivity index (χ0) is 13.7. The van der Waals surface area contributed by atoms with Gasteiger partial charge >= 0.3 is 0 Å². The highest BCUT2D eigenvalue weighted by molar-refractivity contribution is 5.84. The number of nitrogens with zero attached hydrogens (tertiary/aromatic N) is 3. The summed E-state index contributed by atoms with van der Waals surface area (Å²) >= 11 is 0. The molecule has 1 saturated heterocycles. The molecule has 19 heavy (non-hydrogen) atoms. The van der Waals surface area contributed by atoms with Crippen LogP contribution in [0.4, 0.5) is 0 Å². The van der Waals surface area contributed by atoms with Crippen molar-refractivity contribution >= 4 is 11.8 Å². The Morgan fingerprint density at radius 1 is 1.47 bits per heavy atom. The maximum Gasteiger partial charge on any atom is 0.242 e. The second kappa shape index (κ2) is 6.36. The van der Waals surface area contributed by atoms with Crippen molar-refractivity contribution in [2.75, 3.05) is 20.1 Å². The van der Waals surface area contributed by atoms with Crippen molar-refractivity contribution in [2.24, 2.45) is 0 Å². The van der Waals surface area contributed by atoms with Crippen molar-refractivity contribution < 1.29 is 9.59 Å². The van der Waals surface area contributed by atoms with Crippen LogP contribution in [0.1, 0.15) is 31.2 Å². The summed E-state index contributed by atoms with van der Waals surface area (Å²) in [6.07, 6.45) is 7.03. The summed E-state index contributed by atoms with van der Waals surface area (Å²) in [6, 6.07) is 0. The minimum atomic E-state index is -0.0311. The summed E-state index contributed by atoms with van der Waals surface area (Å²) in [5.74, 6) is 0.0685. The normalized spacial score (nSPS) is 16.3. The molecule has 0 aliphatic carbocycles. The van der Waals surface area contributed by atoms with E-state index in [-0.39, 0.29) is 18.4 Å². The molecule has 1 aliphatic heterocycles. The van der Waals surface area contributed by atoms with E-state index in [2.05, 4.69) is 10.2 Å². The third kappa shape index (κ3) is 3.81. The predicted octanol–water partition coefficient (Wildman–Crippen LogP) is 0.771. The van der Waals surface area contributed by atoms with Gasteiger partial charge in [0.15, 0.2) is 0 Å². The number of H-pyrrole nitrogens is 1. The number of hydrogen-bond donors (Lipinski definition) is 1. The van der Waals surface area contributed by atoms with Crippen LogP contribution in [0.3, 0.4) is 0 Å². The molecule has 0 spiro atoms. The van der Waals surface area contributed by atoms with Gasteiger partial charge in [-0.15, -0.1) is 0 Å². The third-order valence-electron chi connectivity index (χ3n) is 3.40. The molecule has 6 heteroatoms. The Bertz CT molecular complexity index is 430. The van der Waals surface area contributed by atoms with Crippen molar-refractivity contribution in [1.82, 2.24) is 20.0 Å². The first-order valence-electron chi connectivity index (χ1n) is 6.66. The third-order valence-corrected chi connectivity index (χ3v) is 3.40. The molecule has 6 nitrogen and oxygen atoms in total. The molecule has 0 bridgehead atoms. The molecule has 1 aromatic rings. The standard InChI is InChI=1S/C13H20N4O2/c1-16(9-11-7-14-15-8-11)13(19)10-17-6-4-2-3-5-12(17)18/h7-8H,2-6,9-10H2,1H3,(H,14,15). The number of likely N-dealkylation sites (tertiary alicyclic amines) is 1. The number of aromatic amines is 1. The van der Waals surface area contributed by atoms with E-state index in [9.17, 15) is 9.59 Å². The predicted molar refractivity (Wildman–Crippen MR) is 70.1 cm³/mol. The number of hydrogen-bond acceptors (Lipinski definition) is 3. The molecule has 0 saturated carbocycles. The molecule has 1 N–H and O–H groups in total. The number of amides is 2. The van der Waals surface area contributed by atoms with E-state index in [1.807, 2.05) is 0 Å². The molecule has 2 amide bonds. The lowest BCUT2D eigenvalue weighted by Gasteiger charge is -2.23. The summed E-state index contributed by atoms with van der Waals surface area (Å²) in [5.41, 5.74) is 0.957. The Morgan fingerprint density at radius 3 is 3.05 bits per heavy atom. The van der Waals surface area contributed by atoms with Crippen LogP contribution in [0.5, 0.6) is 0 Å². The highest BCUT2D eigenvalue weighted by Crippen LogP contribution is 2.11. The van der Waals surface area contributed by atoms with Crippen LogP contribution in [0, 0.1) is 0 Å². The summed E-state index contributed by atoms with van der Waals surface area (Å²) in [4.78, 5) is 27.2. The Labute approximate surface area is 112 Å². The summed E-state index contributed by atoms with van der Waals surface area (Å²) in [5, 5.41) is 6.57. The lowest BCUT2D eigenvalue weighted by Crippen LogP contribution is -2.41. The second-order valence-electron chi connectivity index (χ2n) is 4.98. The van der Waals surface area contributed by atoms with Gasteiger partial charge in [0.2, 0.25) is 11.8 Å². The number of nitrogens with one attached hydrogen (secondary N) is 1. The van der Waals surface area contributed by atoms with Crippen molar-refractivity contribution in [3.63, 3.8) is 0 Å². The van der Waals surface area contributed by atoms with E-state index in [1.54, 1.807) is 29.2 Å². The van der Waals surface area contributed by atoms with Crippen molar-refractivity contribution in [3.8, 4) is 0 Å².